The van der Waals surface area contributed by atoms with Crippen molar-refractivity contribution in [1.29, 1.82) is 0 Å². The fraction of sp³-hybridized carbons (Fsp3) is 0.286. The van der Waals surface area contributed by atoms with E-state index in [1.165, 1.54) is 17.8 Å². The Kier molecular flexibility index (Phi) is 5.09. The summed E-state index contributed by atoms with van der Waals surface area (Å²) in [6.07, 6.45) is -2.99. The van der Waals surface area contributed by atoms with E-state index in [4.69, 9.17) is 5.10 Å². The maximum atomic E-state index is 12.4. The molecule has 1 aliphatic heterocycles. The first-order valence-electron chi connectivity index (χ1n) is 9.19. The zero-order chi connectivity index (χ0) is 19.6. The summed E-state index contributed by atoms with van der Waals surface area (Å²) in [5, 5.41) is 8.23. The van der Waals surface area contributed by atoms with Gasteiger partial charge in [-0.3, -0.25) is 4.68 Å². The molecule has 0 bridgehead atoms. The molecule has 2 heterocycles. The Labute approximate surface area is 160 Å². The number of nitrogens with one attached hydrogen (secondary N) is 1. The van der Waals surface area contributed by atoms with Gasteiger partial charge in [0.15, 0.2) is 0 Å². The smallest absolute Gasteiger partial charge is 0.406 e. The molecule has 2 aromatic carbocycles. The van der Waals surface area contributed by atoms with Crippen LogP contribution in [0.15, 0.2) is 54.6 Å². The minimum atomic E-state index is -4.69. The Hall–Kier alpha value is -2.80. The number of ether oxygens (including phenoxy) is 1. The average molecular weight is 387 g/mol. The van der Waals surface area contributed by atoms with E-state index in [9.17, 15) is 13.2 Å². The van der Waals surface area contributed by atoms with Crippen molar-refractivity contribution in [3.63, 3.8) is 0 Å². The normalized spacial score (nSPS) is 14.4. The third-order valence-electron chi connectivity index (χ3n) is 4.79. The van der Waals surface area contributed by atoms with Crippen LogP contribution in [0.2, 0.25) is 0 Å². The molecule has 0 atom stereocenters. The number of halogens is 3. The first-order chi connectivity index (χ1) is 13.5. The SMILES string of the molecule is FC(F)(F)Oc1ccc(-c2nn(Cc3ccccc3)c3c2CCNCC3)cc1. The van der Waals surface area contributed by atoms with Crippen molar-refractivity contribution in [2.45, 2.75) is 25.7 Å². The van der Waals surface area contributed by atoms with Crippen LogP contribution < -0.4 is 10.1 Å². The minimum Gasteiger partial charge on any atom is -0.406 e. The van der Waals surface area contributed by atoms with Crippen molar-refractivity contribution in [3.8, 4) is 17.0 Å². The molecule has 146 valence electrons. The van der Waals surface area contributed by atoms with Gasteiger partial charge in [-0.2, -0.15) is 5.10 Å². The lowest BCUT2D eigenvalue weighted by molar-refractivity contribution is -0.274. The van der Waals surface area contributed by atoms with Crippen molar-refractivity contribution < 1.29 is 17.9 Å². The third kappa shape index (κ3) is 4.20. The lowest BCUT2D eigenvalue weighted by Crippen LogP contribution is -2.17. The van der Waals surface area contributed by atoms with Crippen LogP contribution in [0.3, 0.4) is 0 Å². The molecule has 0 fully saturated rings. The van der Waals surface area contributed by atoms with E-state index in [0.717, 1.165) is 48.3 Å². The zero-order valence-corrected chi connectivity index (χ0v) is 15.2. The third-order valence-corrected chi connectivity index (χ3v) is 4.79. The lowest BCUT2D eigenvalue weighted by Gasteiger charge is -2.09. The van der Waals surface area contributed by atoms with E-state index >= 15 is 0 Å². The molecule has 1 aromatic heterocycles. The molecular formula is C21H20F3N3O. The summed E-state index contributed by atoms with van der Waals surface area (Å²) in [5.74, 6) is -0.229. The first kappa shape index (κ1) is 18.6. The highest BCUT2D eigenvalue weighted by atomic mass is 19.4. The Morgan fingerprint density at radius 3 is 2.39 bits per heavy atom. The van der Waals surface area contributed by atoms with Gasteiger partial charge in [-0.05, 0) is 42.8 Å². The molecule has 0 radical (unpaired) electrons. The van der Waals surface area contributed by atoms with E-state index in [2.05, 4.69) is 22.2 Å². The second-order valence-corrected chi connectivity index (χ2v) is 6.74. The molecule has 3 aromatic rings. The van der Waals surface area contributed by atoms with Gasteiger partial charge < -0.3 is 10.1 Å². The predicted octanol–water partition coefficient (Wildman–Crippen LogP) is 4.19. The van der Waals surface area contributed by atoms with Crippen LogP contribution in [0, 0.1) is 0 Å². The molecule has 1 N–H and O–H groups in total. The van der Waals surface area contributed by atoms with Gasteiger partial charge in [0, 0.05) is 29.8 Å². The molecule has 0 saturated heterocycles. The van der Waals surface area contributed by atoms with E-state index in [1.807, 2.05) is 22.9 Å². The fourth-order valence-corrected chi connectivity index (χ4v) is 3.56. The van der Waals surface area contributed by atoms with Crippen molar-refractivity contribution in [2.75, 3.05) is 13.1 Å². The molecule has 4 nitrogen and oxygen atoms in total. The largest absolute Gasteiger partial charge is 0.573 e. The van der Waals surface area contributed by atoms with E-state index in [0.29, 0.717) is 6.54 Å². The van der Waals surface area contributed by atoms with Crippen LogP contribution in [-0.2, 0) is 19.4 Å². The number of aromatic nitrogens is 2. The second kappa shape index (κ2) is 7.67. The monoisotopic (exact) mass is 387 g/mol. The molecule has 0 amide bonds. The van der Waals surface area contributed by atoms with E-state index in [-0.39, 0.29) is 5.75 Å². The number of hydrogen-bond donors (Lipinski definition) is 1. The van der Waals surface area contributed by atoms with Crippen LogP contribution in [0.5, 0.6) is 5.75 Å². The summed E-state index contributed by atoms with van der Waals surface area (Å²) >= 11 is 0. The fourth-order valence-electron chi connectivity index (χ4n) is 3.56. The molecule has 0 spiro atoms. The van der Waals surface area contributed by atoms with E-state index < -0.39 is 6.36 Å². The number of benzene rings is 2. The van der Waals surface area contributed by atoms with Gasteiger partial charge in [0.05, 0.1) is 12.2 Å². The van der Waals surface area contributed by atoms with Gasteiger partial charge in [0.25, 0.3) is 0 Å². The van der Waals surface area contributed by atoms with Crippen LogP contribution in [0.4, 0.5) is 13.2 Å². The highest BCUT2D eigenvalue weighted by Gasteiger charge is 2.31. The lowest BCUT2D eigenvalue weighted by atomic mass is 10.0. The van der Waals surface area contributed by atoms with Gasteiger partial charge >= 0.3 is 6.36 Å². The Balaban J connectivity index is 1.68. The molecule has 0 unspecified atom stereocenters. The molecule has 1 aliphatic rings. The van der Waals surface area contributed by atoms with E-state index in [1.54, 1.807) is 12.1 Å². The standard InChI is InChI=1S/C21H20F3N3O/c22-21(23,24)28-17-8-6-16(7-9-17)20-18-10-12-25-13-11-19(18)27(26-20)14-15-4-2-1-3-5-15/h1-9,25H,10-14H2. The maximum absolute atomic E-state index is 12.4. The average Bonchev–Trinajstić information content (AvgIpc) is 2.84. The molecule has 0 saturated carbocycles. The van der Waals surface area contributed by atoms with Crippen molar-refractivity contribution in [3.05, 3.63) is 71.4 Å². The van der Waals surface area contributed by atoms with Crippen LogP contribution in [0.25, 0.3) is 11.3 Å². The summed E-state index contributed by atoms with van der Waals surface area (Å²) in [6, 6.07) is 16.0. The number of fused-ring (bicyclic) bond motifs is 1. The van der Waals surface area contributed by atoms with Gasteiger partial charge in [-0.1, -0.05) is 30.3 Å². The molecule has 28 heavy (non-hydrogen) atoms. The van der Waals surface area contributed by atoms with Crippen LogP contribution in [-0.4, -0.2) is 29.2 Å². The second-order valence-electron chi connectivity index (χ2n) is 6.74. The summed E-state index contributed by atoms with van der Waals surface area (Å²) in [4.78, 5) is 0. The molecule has 0 aliphatic carbocycles. The highest BCUT2D eigenvalue weighted by molar-refractivity contribution is 5.65. The minimum absolute atomic E-state index is 0.229. The zero-order valence-electron chi connectivity index (χ0n) is 15.2. The van der Waals surface area contributed by atoms with Crippen LogP contribution in [0.1, 0.15) is 16.8 Å². The van der Waals surface area contributed by atoms with Crippen molar-refractivity contribution >= 4 is 0 Å². The highest BCUT2D eigenvalue weighted by Crippen LogP contribution is 2.30. The summed E-state index contributed by atoms with van der Waals surface area (Å²) in [7, 11) is 0. The number of alkyl halides is 3. The number of hydrogen-bond acceptors (Lipinski definition) is 3. The first-order valence-corrected chi connectivity index (χ1v) is 9.19. The maximum Gasteiger partial charge on any atom is 0.573 e. The topological polar surface area (TPSA) is 39.1 Å². The Bertz CT molecular complexity index is 934. The molecular weight excluding hydrogens is 367 g/mol. The van der Waals surface area contributed by atoms with Gasteiger partial charge in [-0.25, -0.2) is 0 Å². The van der Waals surface area contributed by atoms with Gasteiger partial charge in [0.2, 0.25) is 0 Å². The Morgan fingerprint density at radius 1 is 0.964 bits per heavy atom. The van der Waals surface area contributed by atoms with Gasteiger partial charge in [0.1, 0.15) is 5.75 Å². The van der Waals surface area contributed by atoms with Crippen LogP contribution >= 0.6 is 0 Å². The van der Waals surface area contributed by atoms with Crippen molar-refractivity contribution in [1.82, 2.24) is 15.1 Å². The summed E-state index contributed by atoms with van der Waals surface area (Å²) in [5.41, 5.74) is 5.11. The summed E-state index contributed by atoms with van der Waals surface area (Å²) < 4.78 is 43.2. The van der Waals surface area contributed by atoms with Crippen molar-refractivity contribution in [2.24, 2.45) is 0 Å². The number of nitrogens with zero attached hydrogens (tertiary/aromatic N) is 2. The predicted molar refractivity (Wildman–Crippen MR) is 100 cm³/mol. The Morgan fingerprint density at radius 2 is 1.68 bits per heavy atom. The quantitative estimate of drug-likeness (QED) is 0.730. The molecule has 7 heteroatoms. The summed E-state index contributed by atoms with van der Waals surface area (Å²) in [6.45, 7) is 2.40. The number of rotatable bonds is 4. The molecule has 4 rings (SSSR count). The van der Waals surface area contributed by atoms with Gasteiger partial charge in [-0.15, -0.1) is 13.2 Å².